The van der Waals surface area contributed by atoms with E-state index in [0.717, 1.165) is 25.0 Å². The molecule has 0 aliphatic carbocycles. The molecule has 0 spiro atoms. The normalized spacial score (nSPS) is 11.7. The van der Waals surface area contributed by atoms with E-state index in [0.29, 0.717) is 35.7 Å². The van der Waals surface area contributed by atoms with E-state index in [4.69, 9.17) is 43.1 Å². The van der Waals surface area contributed by atoms with Crippen molar-refractivity contribution in [1.82, 2.24) is 16.0 Å². The number of rotatable bonds is 12. The van der Waals surface area contributed by atoms with Crippen LogP contribution in [0.4, 0.5) is 9.59 Å². The van der Waals surface area contributed by atoms with Gasteiger partial charge in [0.1, 0.15) is 29.6 Å². The van der Waals surface area contributed by atoms with Gasteiger partial charge in [-0.15, -0.1) is 12.4 Å². The molecule has 2 aromatic rings. The van der Waals surface area contributed by atoms with Gasteiger partial charge in [-0.1, -0.05) is 47.5 Å². The SMILES string of the molecule is CC(=O)OOC(C)=O.CC(C)(C)OC(=O)NC(C=O)Cc1ccc(Cl)cc1.COC(=O)[C@H](C)N.COC(=O)[C@H](C)NCC(Cc1ccc(Cl)cc1)NC(=O)OC(C)(C)C.Cl.[B-]OC(C)=O.[Na+]. The molecule has 66 heavy (non-hydrogen) atoms. The van der Waals surface area contributed by atoms with Crippen LogP contribution in [-0.2, 0) is 75.0 Å². The molecule has 5 N–H and O–H groups in total. The van der Waals surface area contributed by atoms with Crippen molar-refractivity contribution in [2.45, 2.75) is 124 Å². The molecule has 0 saturated carbocycles. The van der Waals surface area contributed by atoms with Gasteiger partial charge < -0.3 is 58.1 Å². The van der Waals surface area contributed by atoms with Crippen molar-refractivity contribution in [3.8, 4) is 0 Å². The Kier molecular flexibility index (Phi) is 41.8. The molecule has 2 aromatic carbocycles. The zero-order valence-electron chi connectivity index (χ0n) is 40.1. The third-order valence-electron chi connectivity index (χ3n) is 6.59. The molecule has 0 fully saturated rings. The molecule has 2 rings (SSSR count). The molecule has 19 nitrogen and oxygen atoms in total. The maximum absolute atomic E-state index is 12.1. The molecule has 0 aliphatic heterocycles. The Morgan fingerprint density at radius 1 is 0.682 bits per heavy atom. The fraction of sp³-hybridized carbons (Fsp3) is 0.524. The quantitative estimate of drug-likeness (QED) is 0.0595. The fourth-order valence-electron chi connectivity index (χ4n) is 3.90. The number of amides is 2. The Bertz CT molecular complexity index is 1720. The van der Waals surface area contributed by atoms with E-state index in [-0.39, 0.29) is 59.9 Å². The standard InChI is InChI=1S/C18H27ClN2O4.C14H18ClNO3.C4H9NO2.C4H6O4.C2H3BO2.ClH.Na/c1-12(16(22)24-5)20-11-15(21-17(23)25-18(2,3)4)10-13-6-8-14(19)9-7-13;1-14(2,3)19-13(18)16-12(9-17)8-10-4-6-11(15)7-5-10;1-3(5)4(6)7-2;1-3(5)7-8-4(2)6;1-2(4)5-3;;/h6-9,12,15,20H,10-11H2,1-5H3,(H,21,23);4-7,9,12H,8H2,1-3H3,(H,16,18);3H,5H2,1-2H3;1-2H3;1H3;1H;/q;;;;-1;;+1/t12-,15?;;3-;;;;/m0.0..../s1. The van der Waals surface area contributed by atoms with E-state index >= 15 is 0 Å². The molecule has 4 atom stereocenters. The summed E-state index contributed by atoms with van der Waals surface area (Å²) < 4.78 is 23.0. The van der Waals surface area contributed by atoms with Crippen LogP contribution < -0.4 is 51.2 Å². The van der Waals surface area contributed by atoms with E-state index in [1.54, 1.807) is 79.7 Å². The summed E-state index contributed by atoms with van der Waals surface area (Å²) in [6, 6.07) is 12.7. The number of nitrogens with one attached hydrogen (secondary N) is 3. The number of hydrogen-bond donors (Lipinski definition) is 4. The van der Waals surface area contributed by atoms with Crippen molar-refractivity contribution in [1.29, 1.82) is 0 Å². The molecule has 0 bridgehead atoms. The number of methoxy groups -OCH3 is 2. The maximum Gasteiger partial charge on any atom is 1.00 e. The molecule has 367 valence electrons. The minimum atomic E-state index is -0.639. The largest absolute Gasteiger partial charge is 1.00 e. The zero-order chi connectivity index (χ0) is 50.2. The van der Waals surface area contributed by atoms with Gasteiger partial charge in [0, 0.05) is 43.4 Å². The molecule has 0 saturated heterocycles. The van der Waals surface area contributed by atoms with E-state index < -0.39 is 59.4 Å². The van der Waals surface area contributed by atoms with Gasteiger partial charge in [-0.3, -0.25) is 14.4 Å². The van der Waals surface area contributed by atoms with Crippen molar-refractivity contribution in [3.05, 3.63) is 69.7 Å². The number of alkyl carbamates (subject to hydrolysis) is 2. The number of aldehydes is 1. The van der Waals surface area contributed by atoms with Gasteiger partial charge in [-0.2, -0.15) is 0 Å². The predicted octanol–water partition coefficient (Wildman–Crippen LogP) is 2.49. The molecular formula is C42H64BCl3N4NaO15. The first-order valence-electron chi connectivity index (χ1n) is 19.3. The number of ether oxygens (including phenoxy) is 4. The smallest absolute Gasteiger partial charge is 0.793 e. The van der Waals surface area contributed by atoms with E-state index in [2.05, 4.69) is 43.2 Å². The summed E-state index contributed by atoms with van der Waals surface area (Å²) in [6.45, 7) is 17.9. The average molecular weight is 1010 g/mol. The van der Waals surface area contributed by atoms with Crippen molar-refractivity contribution in [2.24, 2.45) is 5.73 Å². The van der Waals surface area contributed by atoms with Gasteiger partial charge in [-0.05, 0) is 104 Å². The Morgan fingerprint density at radius 3 is 1.33 bits per heavy atom. The molecular weight excluding hydrogens is 941 g/mol. The van der Waals surface area contributed by atoms with E-state index in [1.807, 2.05) is 24.3 Å². The minimum absolute atomic E-state index is 0. The van der Waals surface area contributed by atoms with Gasteiger partial charge in [0.2, 0.25) is 5.97 Å². The van der Waals surface area contributed by atoms with Gasteiger partial charge in [-0.25, -0.2) is 29.0 Å². The molecule has 0 aromatic heterocycles. The van der Waals surface area contributed by atoms with Gasteiger partial charge in [0.05, 0.1) is 20.3 Å². The molecule has 0 aliphatic rings. The van der Waals surface area contributed by atoms with Gasteiger partial charge >= 0.3 is 65.6 Å². The predicted molar refractivity (Wildman–Crippen MR) is 246 cm³/mol. The first-order valence-corrected chi connectivity index (χ1v) is 20.0. The van der Waals surface area contributed by atoms with Crippen LogP contribution in [-0.4, -0.2) is 113 Å². The van der Waals surface area contributed by atoms with Gasteiger partial charge in [0.25, 0.3) is 0 Å². The second-order valence-electron chi connectivity index (χ2n) is 15.1. The van der Waals surface area contributed by atoms with E-state index in [1.165, 1.54) is 21.1 Å². The second kappa shape index (κ2) is 38.9. The maximum atomic E-state index is 12.1. The minimum Gasteiger partial charge on any atom is -0.793 e. The van der Waals surface area contributed by atoms with Crippen LogP contribution in [0.1, 0.15) is 87.3 Å². The van der Waals surface area contributed by atoms with Crippen molar-refractivity contribution >= 4 is 92.0 Å². The monoisotopic (exact) mass is 1000 g/mol. The molecule has 24 heteroatoms. The first kappa shape index (κ1) is 70.9. The third-order valence-corrected chi connectivity index (χ3v) is 7.10. The number of halogens is 3. The third kappa shape index (κ3) is 45.0. The van der Waals surface area contributed by atoms with Crippen molar-refractivity contribution in [3.63, 3.8) is 0 Å². The molecule has 0 heterocycles. The topological polar surface area (TPSA) is 263 Å². The van der Waals surface area contributed by atoms with Crippen LogP contribution in [0.15, 0.2) is 48.5 Å². The summed E-state index contributed by atoms with van der Waals surface area (Å²) in [7, 11) is 6.97. The second-order valence-corrected chi connectivity index (χ2v) is 16.0. The summed E-state index contributed by atoms with van der Waals surface area (Å²) in [5.74, 6) is -2.48. The van der Waals surface area contributed by atoms with Crippen LogP contribution in [0.2, 0.25) is 10.0 Å². The number of carbonyl (C=O) groups excluding carboxylic acids is 8. The molecule has 2 amide bonds. The Balaban J connectivity index is -0.000000265. The Hall–Kier alpha value is -4.15. The summed E-state index contributed by atoms with van der Waals surface area (Å²) in [6.07, 6.45) is 0.563. The van der Waals surface area contributed by atoms with Gasteiger partial charge in [0.15, 0.2) is 0 Å². The number of hydrogen-bond acceptors (Lipinski definition) is 17. The first-order chi connectivity index (χ1) is 29.5. The number of esters is 2. The van der Waals surface area contributed by atoms with E-state index in [9.17, 15) is 38.4 Å². The van der Waals surface area contributed by atoms with Crippen LogP contribution >= 0.6 is 35.6 Å². The van der Waals surface area contributed by atoms with Crippen LogP contribution in [0.3, 0.4) is 0 Å². The van der Waals surface area contributed by atoms with Crippen LogP contribution in [0.5, 0.6) is 0 Å². The fourth-order valence-corrected chi connectivity index (χ4v) is 4.15. The Labute approximate surface area is 427 Å². The van der Waals surface area contributed by atoms with Crippen molar-refractivity contribution < 1.29 is 101 Å². The number of nitrogens with two attached hydrogens (primary N) is 1. The Morgan fingerprint density at radius 2 is 1.05 bits per heavy atom. The molecule has 2 unspecified atom stereocenters. The molecule has 3 radical (unpaired) electrons. The summed E-state index contributed by atoms with van der Waals surface area (Å²) in [4.78, 5) is 93.1. The number of benzene rings is 2. The average Bonchev–Trinajstić information content (AvgIpc) is 3.19. The number of carbonyl (C=O) groups is 8. The van der Waals surface area contributed by atoms with Crippen LogP contribution in [0.25, 0.3) is 0 Å². The van der Waals surface area contributed by atoms with Crippen LogP contribution in [0, 0.1) is 0 Å². The zero-order valence-corrected chi connectivity index (χ0v) is 44.4. The summed E-state index contributed by atoms with van der Waals surface area (Å²) in [5, 5.41) is 9.71. The van der Waals surface area contributed by atoms with Crippen molar-refractivity contribution in [2.75, 3.05) is 20.8 Å². The summed E-state index contributed by atoms with van der Waals surface area (Å²) >= 11 is 11.7. The summed E-state index contributed by atoms with van der Waals surface area (Å²) in [5.41, 5.74) is 5.83.